The number of para-hydroxylation sites is 1. The molecule has 0 saturated heterocycles. The summed E-state index contributed by atoms with van der Waals surface area (Å²) in [4.78, 5) is 11.7. The molecule has 5 nitrogen and oxygen atoms in total. The second kappa shape index (κ2) is 5.37. The molecule has 0 spiro atoms. The van der Waals surface area contributed by atoms with E-state index in [0.717, 1.165) is 0 Å². The van der Waals surface area contributed by atoms with Gasteiger partial charge in [0, 0.05) is 0 Å². The SMILES string of the molecule is CCC(CO)NC(=O)c1cccc(O)c1O. The highest BCUT2D eigenvalue weighted by Gasteiger charge is 2.16. The lowest BCUT2D eigenvalue weighted by atomic mass is 10.1. The quantitative estimate of drug-likeness (QED) is 0.565. The highest BCUT2D eigenvalue weighted by Crippen LogP contribution is 2.27. The minimum absolute atomic E-state index is 0.00750. The fourth-order valence-electron chi connectivity index (χ4n) is 1.25. The van der Waals surface area contributed by atoms with E-state index in [9.17, 15) is 15.0 Å². The van der Waals surface area contributed by atoms with Crippen LogP contribution in [0.15, 0.2) is 18.2 Å². The number of aromatic hydroxyl groups is 2. The molecular formula is C11H15NO4. The second-order valence-electron chi connectivity index (χ2n) is 3.43. The molecule has 1 aromatic carbocycles. The number of rotatable bonds is 4. The summed E-state index contributed by atoms with van der Waals surface area (Å²) in [5.41, 5.74) is -0.00750. The Kier molecular flexibility index (Phi) is 4.13. The predicted octanol–water partition coefficient (Wildman–Crippen LogP) is 0.599. The van der Waals surface area contributed by atoms with Crippen LogP contribution in [-0.4, -0.2) is 33.9 Å². The third kappa shape index (κ3) is 2.64. The number of hydrogen-bond donors (Lipinski definition) is 4. The van der Waals surface area contributed by atoms with E-state index in [4.69, 9.17) is 5.11 Å². The fraction of sp³-hybridized carbons (Fsp3) is 0.364. The normalized spacial score (nSPS) is 12.1. The highest BCUT2D eigenvalue weighted by atomic mass is 16.3. The number of benzene rings is 1. The number of amides is 1. The first-order valence-corrected chi connectivity index (χ1v) is 5.02. The van der Waals surface area contributed by atoms with Crippen molar-refractivity contribution in [3.05, 3.63) is 23.8 Å². The van der Waals surface area contributed by atoms with Gasteiger partial charge >= 0.3 is 0 Å². The van der Waals surface area contributed by atoms with Gasteiger partial charge < -0.3 is 20.6 Å². The molecule has 0 aliphatic rings. The van der Waals surface area contributed by atoms with Gasteiger partial charge in [0.1, 0.15) is 0 Å². The molecule has 1 atom stereocenters. The van der Waals surface area contributed by atoms with E-state index in [1.807, 2.05) is 6.92 Å². The average Bonchev–Trinajstić information content (AvgIpc) is 2.29. The van der Waals surface area contributed by atoms with Crippen LogP contribution in [0.4, 0.5) is 0 Å². The van der Waals surface area contributed by atoms with Gasteiger partial charge in [-0.2, -0.15) is 0 Å². The molecule has 0 bridgehead atoms. The van der Waals surface area contributed by atoms with E-state index in [1.54, 1.807) is 0 Å². The maximum atomic E-state index is 11.7. The van der Waals surface area contributed by atoms with E-state index in [0.29, 0.717) is 6.42 Å². The second-order valence-corrected chi connectivity index (χ2v) is 3.43. The van der Waals surface area contributed by atoms with Crippen LogP contribution in [0, 0.1) is 0 Å². The highest BCUT2D eigenvalue weighted by molar-refractivity contribution is 5.97. The van der Waals surface area contributed by atoms with Gasteiger partial charge in [-0.1, -0.05) is 13.0 Å². The van der Waals surface area contributed by atoms with Crippen LogP contribution >= 0.6 is 0 Å². The first kappa shape index (κ1) is 12.3. The number of aliphatic hydroxyl groups excluding tert-OH is 1. The summed E-state index contributed by atoms with van der Waals surface area (Å²) in [6.07, 6.45) is 0.585. The Hall–Kier alpha value is -1.75. The molecule has 0 fully saturated rings. The Morgan fingerprint density at radius 1 is 1.44 bits per heavy atom. The Balaban J connectivity index is 2.84. The summed E-state index contributed by atoms with van der Waals surface area (Å²) in [6.45, 7) is 1.66. The standard InChI is InChI=1S/C11H15NO4/c1-2-7(6-13)12-11(16)8-4-3-5-9(14)10(8)15/h3-5,7,13-15H,2,6H2,1H3,(H,12,16). The van der Waals surface area contributed by atoms with Gasteiger partial charge in [0.25, 0.3) is 5.91 Å². The topological polar surface area (TPSA) is 89.8 Å². The van der Waals surface area contributed by atoms with Gasteiger partial charge in [0.05, 0.1) is 18.2 Å². The maximum absolute atomic E-state index is 11.7. The number of nitrogens with one attached hydrogen (secondary N) is 1. The summed E-state index contributed by atoms with van der Waals surface area (Å²) < 4.78 is 0. The molecular weight excluding hydrogens is 210 g/mol. The fourth-order valence-corrected chi connectivity index (χ4v) is 1.25. The Labute approximate surface area is 93.4 Å². The first-order valence-electron chi connectivity index (χ1n) is 5.02. The van der Waals surface area contributed by atoms with Crippen molar-refractivity contribution in [3.8, 4) is 11.5 Å². The van der Waals surface area contributed by atoms with Crippen molar-refractivity contribution in [2.75, 3.05) is 6.61 Å². The monoisotopic (exact) mass is 225 g/mol. The van der Waals surface area contributed by atoms with Gasteiger partial charge in [-0.3, -0.25) is 4.79 Å². The van der Waals surface area contributed by atoms with Gasteiger partial charge in [0.2, 0.25) is 0 Å². The van der Waals surface area contributed by atoms with Crippen molar-refractivity contribution in [1.82, 2.24) is 5.32 Å². The number of phenols is 2. The number of aliphatic hydroxyl groups is 1. The third-order valence-corrected chi connectivity index (χ3v) is 2.31. The molecule has 0 heterocycles. The van der Waals surface area contributed by atoms with Crippen LogP contribution in [0.5, 0.6) is 11.5 Å². The lowest BCUT2D eigenvalue weighted by molar-refractivity contribution is 0.0911. The van der Waals surface area contributed by atoms with E-state index < -0.39 is 11.7 Å². The third-order valence-electron chi connectivity index (χ3n) is 2.31. The number of hydrogen-bond acceptors (Lipinski definition) is 4. The van der Waals surface area contributed by atoms with Gasteiger partial charge in [-0.05, 0) is 18.6 Å². The lowest BCUT2D eigenvalue weighted by Crippen LogP contribution is -2.36. The Morgan fingerprint density at radius 2 is 2.12 bits per heavy atom. The molecule has 16 heavy (non-hydrogen) atoms. The molecule has 1 unspecified atom stereocenters. The van der Waals surface area contributed by atoms with E-state index in [1.165, 1.54) is 18.2 Å². The van der Waals surface area contributed by atoms with Crippen LogP contribution in [0.25, 0.3) is 0 Å². The molecule has 0 aromatic heterocycles. The van der Waals surface area contributed by atoms with Crippen molar-refractivity contribution in [1.29, 1.82) is 0 Å². The zero-order chi connectivity index (χ0) is 12.1. The molecule has 0 saturated carbocycles. The minimum Gasteiger partial charge on any atom is -0.504 e. The first-order chi connectivity index (χ1) is 7.60. The van der Waals surface area contributed by atoms with Gasteiger partial charge in [-0.15, -0.1) is 0 Å². The summed E-state index contributed by atoms with van der Waals surface area (Å²) in [7, 11) is 0. The zero-order valence-corrected chi connectivity index (χ0v) is 8.97. The Morgan fingerprint density at radius 3 is 2.69 bits per heavy atom. The summed E-state index contributed by atoms with van der Waals surface area (Å²) in [6, 6.07) is 3.79. The summed E-state index contributed by atoms with van der Waals surface area (Å²) in [5, 5.41) is 30.1. The van der Waals surface area contributed by atoms with Crippen LogP contribution in [0.3, 0.4) is 0 Å². The van der Waals surface area contributed by atoms with Crippen molar-refractivity contribution >= 4 is 5.91 Å². The minimum atomic E-state index is -0.519. The lowest BCUT2D eigenvalue weighted by Gasteiger charge is -2.14. The number of carbonyl (C=O) groups is 1. The van der Waals surface area contributed by atoms with Gasteiger partial charge in [0.15, 0.2) is 11.5 Å². The smallest absolute Gasteiger partial charge is 0.255 e. The molecule has 0 radical (unpaired) electrons. The van der Waals surface area contributed by atoms with Crippen LogP contribution in [-0.2, 0) is 0 Å². The van der Waals surface area contributed by atoms with E-state index in [2.05, 4.69) is 5.32 Å². The van der Waals surface area contributed by atoms with Crippen LogP contribution < -0.4 is 5.32 Å². The molecule has 1 aromatic rings. The van der Waals surface area contributed by atoms with Crippen LogP contribution in [0.2, 0.25) is 0 Å². The van der Waals surface area contributed by atoms with E-state index in [-0.39, 0.29) is 24.0 Å². The summed E-state index contributed by atoms with van der Waals surface area (Å²) >= 11 is 0. The molecule has 4 N–H and O–H groups in total. The molecule has 1 amide bonds. The molecule has 1 rings (SSSR count). The summed E-state index contributed by atoms with van der Waals surface area (Å²) in [5.74, 6) is -1.31. The largest absolute Gasteiger partial charge is 0.504 e. The predicted molar refractivity (Wildman–Crippen MR) is 58.4 cm³/mol. The number of phenolic OH excluding ortho intramolecular Hbond substituents is 2. The van der Waals surface area contributed by atoms with Crippen LogP contribution in [0.1, 0.15) is 23.7 Å². The Bertz CT molecular complexity index is 374. The maximum Gasteiger partial charge on any atom is 0.255 e. The van der Waals surface area contributed by atoms with E-state index >= 15 is 0 Å². The average molecular weight is 225 g/mol. The van der Waals surface area contributed by atoms with Crippen molar-refractivity contribution in [3.63, 3.8) is 0 Å². The van der Waals surface area contributed by atoms with Crippen molar-refractivity contribution in [2.24, 2.45) is 0 Å². The molecule has 88 valence electrons. The molecule has 0 aliphatic carbocycles. The van der Waals surface area contributed by atoms with Crippen molar-refractivity contribution < 1.29 is 20.1 Å². The van der Waals surface area contributed by atoms with Gasteiger partial charge in [-0.25, -0.2) is 0 Å². The number of carbonyl (C=O) groups excluding carboxylic acids is 1. The van der Waals surface area contributed by atoms with Crippen molar-refractivity contribution in [2.45, 2.75) is 19.4 Å². The molecule has 5 heteroatoms. The zero-order valence-electron chi connectivity index (χ0n) is 8.97. The molecule has 0 aliphatic heterocycles.